The molecule has 0 amide bonds. The Morgan fingerprint density at radius 3 is 2.21 bits per heavy atom. The highest BCUT2D eigenvalue weighted by Gasteiger charge is 2.16. The maximum atomic E-state index is 8.97. The van der Waals surface area contributed by atoms with Crippen LogP contribution in [0.4, 0.5) is 0 Å². The Bertz CT molecular complexity index is 282. The van der Waals surface area contributed by atoms with Gasteiger partial charge >= 0.3 is 0 Å². The van der Waals surface area contributed by atoms with Crippen molar-refractivity contribution in [3.8, 4) is 11.5 Å². The summed E-state index contributed by atoms with van der Waals surface area (Å²) in [6.07, 6.45) is 3.07. The van der Waals surface area contributed by atoms with Gasteiger partial charge in [0.05, 0.1) is 44.8 Å². The van der Waals surface area contributed by atoms with E-state index in [1.165, 1.54) is 26.6 Å². The Kier molecular flexibility index (Phi) is 3.67. The summed E-state index contributed by atoms with van der Waals surface area (Å²) >= 11 is 0. The average Bonchev–Trinajstić information content (AvgIpc) is 2.26. The third-order valence-corrected chi connectivity index (χ3v) is 1.92. The molecule has 1 rings (SSSR count). The van der Waals surface area contributed by atoms with E-state index in [-0.39, 0.29) is 6.61 Å². The number of rotatable bonds is 4. The van der Waals surface area contributed by atoms with Crippen LogP contribution in [0.2, 0.25) is 0 Å². The SMILES string of the molecule is COc1cncc(OC)c1[C@@H](N)CO. The lowest BCUT2D eigenvalue weighted by atomic mass is 10.1. The Morgan fingerprint density at radius 1 is 1.36 bits per heavy atom. The standard InChI is InChI=1S/C9H14N2O3/c1-13-7-3-11-4-8(14-2)9(7)6(10)5-12/h3-4,6,12H,5,10H2,1-2H3/t6-/m0/s1. The van der Waals surface area contributed by atoms with Crippen LogP contribution >= 0.6 is 0 Å². The molecule has 0 saturated carbocycles. The molecule has 0 aliphatic rings. The highest BCUT2D eigenvalue weighted by molar-refractivity contribution is 5.44. The summed E-state index contributed by atoms with van der Waals surface area (Å²) in [5.74, 6) is 1.04. The van der Waals surface area contributed by atoms with Crippen LogP contribution in [0.25, 0.3) is 0 Å². The lowest BCUT2D eigenvalue weighted by Crippen LogP contribution is -2.16. The third-order valence-electron chi connectivity index (χ3n) is 1.92. The number of hydrogen-bond acceptors (Lipinski definition) is 5. The van der Waals surface area contributed by atoms with Crippen molar-refractivity contribution in [3.63, 3.8) is 0 Å². The number of hydrogen-bond donors (Lipinski definition) is 2. The van der Waals surface area contributed by atoms with Crippen LogP contribution in [0.15, 0.2) is 12.4 Å². The molecule has 5 heteroatoms. The van der Waals surface area contributed by atoms with Crippen LogP contribution in [0, 0.1) is 0 Å². The molecule has 0 fully saturated rings. The first kappa shape index (κ1) is 10.7. The van der Waals surface area contributed by atoms with Gasteiger partial charge in [0.15, 0.2) is 0 Å². The van der Waals surface area contributed by atoms with Gasteiger partial charge in [-0.2, -0.15) is 0 Å². The quantitative estimate of drug-likeness (QED) is 0.717. The summed E-state index contributed by atoms with van der Waals surface area (Å²) in [5, 5.41) is 8.97. The van der Waals surface area contributed by atoms with E-state index < -0.39 is 6.04 Å². The third kappa shape index (κ3) is 1.94. The van der Waals surface area contributed by atoms with Crippen LogP contribution in [0.3, 0.4) is 0 Å². The molecule has 0 saturated heterocycles. The highest BCUT2D eigenvalue weighted by Crippen LogP contribution is 2.31. The summed E-state index contributed by atoms with van der Waals surface area (Å²) in [6, 6.07) is -0.525. The zero-order valence-corrected chi connectivity index (χ0v) is 8.23. The van der Waals surface area contributed by atoms with Gasteiger partial charge < -0.3 is 20.3 Å². The molecule has 5 nitrogen and oxygen atoms in total. The second kappa shape index (κ2) is 4.78. The molecule has 3 N–H and O–H groups in total. The van der Waals surface area contributed by atoms with E-state index in [0.29, 0.717) is 17.1 Å². The van der Waals surface area contributed by atoms with E-state index in [2.05, 4.69) is 4.98 Å². The maximum Gasteiger partial charge on any atom is 0.145 e. The van der Waals surface area contributed by atoms with Crippen molar-refractivity contribution in [2.45, 2.75) is 6.04 Å². The van der Waals surface area contributed by atoms with E-state index in [0.717, 1.165) is 0 Å². The second-order valence-electron chi connectivity index (χ2n) is 2.75. The van der Waals surface area contributed by atoms with Gasteiger partial charge in [-0.05, 0) is 0 Å². The first-order valence-electron chi connectivity index (χ1n) is 4.16. The minimum atomic E-state index is -0.525. The van der Waals surface area contributed by atoms with Crippen LogP contribution in [-0.2, 0) is 0 Å². The number of nitrogens with zero attached hydrogens (tertiary/aromatic N) is 1. The largest absolute Gasteiger partial charge is 0.495 e. The number of aliphatic hydroxyl groups excluding tert-OH is 1. The van der Waals surface area contributed by atoms with Crippen molar-refractivity contribution in [1.29, 1.82) is 0 Å². The minimum Gasteiger partial charge on any atom is -0.495 e. The summed E-state index contributed by atoms with van der Waals surface area (Å²) in [6.45, 7) is -0.170. The fourth-order valence-electron chi connectivity index (χ4n) is 1.22. The minimum absolute atomic E-state index is 0.170. The predicted octanol–water partition coefficient (Wildman–Crippen LogP) is 0.0909. The van der Waals surface area contributed by atoms with Gasteiger partial charge in [0.2, 0.25) is 0 Å². The van der Waals surface area contributed by atoms with Crippen molar-refractivity contribution in [2.24, 2.45) is 5.73 Å². The Hall–Kier alpha value is -1.33. The number of aliphatic hydroxyl groups is 1. The molecule has 14 heavy (non-hydrogen) atoms. The van der Waals surface area contributed by atoms with Gasteiger partial charge in [0.25, 0.3) is 0 Å². The Balaban J connectivity index is 3.18. The molecule has 0 spiro atoms. The Labute approximate surface area is 82.5 Å². The molecular weight excluding hydrogens is 184 g/mol. The van der Waals surface area contributed by atoms with Gasteiger partial charge in [-0.15, -0.1) is 0 Å². The normalized spacial score (nSPS) is 12.3. The zero-order chi connectivity index (χ0) is 10.6. The highest BCUT2D eigenvalue weighted by atomic mass is 16.5. The summed E-state index contributed by atoms with van der Waals surface area (Å²) in [4.78, 5) is 3.92. The molecule has 1 aromatic heterocycles. The number of pyridine rings is 1. The van der Waals surface area contributed by atoms with E-state index in [1.807, 2.05) is 0 Å². The van der Waals surface area contributed by atoms with Gasteiger partial charge in [0, 0.05) is 0 Å². The van der Waals surface area contributed by atoms with Crippen LogP contribution in [0.5, 0.6) is 11.5 Å². The number of ether oxygens (including phenoxy) is 2. The maximum absolute atomic E-state index is 8.97. The number of methoxy groups -OCH3 is 2. The summed E-state index contributed by atoms with van der Waals surface area (Å²) in [7, 11) is 3.04. The van der Waals surface area contributed by atoms with Gasteiger partial charge in [-0.3, -0.25) is 4.98 Å². The first-order chi connectivity index (χ1) is 6.74. The van der Waals surface area contributed by atoms with Crippen molar-refractivity contribution in [2.75, 3.05) is 20.8 Å². The molecule has 1 aromatic rings. The van der Waals surface area contributed by atoms with Crippen molar-refractivity contribution < 1.29 is 14.6 Å². The van der Waals surface area contributed by atoms with Crippen LogP contribution in [0.1, 0.15) is 11.6 Å². The van der Waals surface area contributed by atoms with Crippen molar-refractivity contribution in [3.05, 3.63) is 18.0 Å². The fourth-order valence-corrected chi connectivity index (χ4v) is 1.22. The number of aromatic nitrogens is 1. The van der Waals surface area contributed by atoms with E-state index in [4.69, 9.17) is 20.3 Å². The fraction of sp³-hybridized carbons (Fsp3) is 0.444. The molecular formula is C9H14N2O3. The summed E-state index contributed by atoms with van der Waals surface area (Å²) in [5.41, 5.74) is 6.34. The van der Waals surface area contributed by atoms with Crippen LogP contribution < -0.4 is 15.2 Å². The van der Waals surface area contributed by atoms with E-state index in [9.17, 15) is 0 Å². The van der Waals surface area contributed by atoms with Gasteiger partial charge in [0.1, 0.15) is 11.5 Å². The molecule has 0 aliphatic heterocycles. The lowest BCUT2D eigenvalue weighted by molar-refractivity contribution is 0.260. The van der Waals surface area contributed by atoms with Crippen LogP contribution in [-0.4, -0.2) is 30.9 Å². The zero-order valence-electron chi connectivity index (χ0n) is 8.23. The monoisotopic (exact) mass is 198 g/mol. The molecule has 0 aliphatic carbocycles. The van der Waals surface area contributed by atoms with Gasteiger partial charge in [-0.1, -0.05) is 0 Å². The predicted molar refractivity (Wildman–Crippen MR) is 51.4 cm³/mol. The molecule has 0 unspecified atom stereocenters. The summed E-state index contributed by atoms with van der Waals surface area (Å²) < 4.78 is 10.2. The number of nitrogens with two attached hydrogens (primary N) is 1. The molecule has 0 bridgehead atoms. The molecule has 0 radical (unpaired) electrons. The smallest absolute Gasteiger partial charge is 0.145 e. The molecule has 78 valence electrons. The molecule has 0 aromatic carbocycles. The Morgan fingerprint density at radius 2 is 1.86 bits per heavy atom. The van der Waals surface area contributed by atoms with E-state index in [1.54, 1.807) is 0 Å². The first-order valence-corrected chi connectivity index (χ1v) is 4.16. The van der Waals surface area contributed by atoms with E-state index >= 15 is 0 Å². The molecule has 1 heterocycles. The average molecular weight is 198 g/mol. The lowest BCUT2D eigenvalue weighted by Gasteiger charge is -2.16. The second-order valence-corrected chi connectivity index (χ2v) is 2.75. The molecule has 1 atom stereocenters. The van der Waals surface area contributed by atoms with Crippen molar-refractivity contribution >= 4 is 0 Å². The van der Waals surface area contributed by atoms with Crippen molar-refractivity contribution in [1.82, 2.24) is 4.98 Å². The topological polar surface area (TPSA) is 77.6 Å². The van der Waals surface area contributed by atoms with Gasteiger partial charge in [-0.25, -0.2) is 0 Å².